The van der Waals surface area contributed by atoms with Gasteiger partial charge in [-0.05, 0) is 43.3 Å². The van der Waals surface area contributed by atoms with Crippen LogP contribution in [-0.2, 0) is 6.54 Å². The van der Waals surface area contributed by atoms with Gasteiger partial charge < -0.3 is 19.1 Å². The molecular weight excluding hydrogens is 344 g/mol. The van der Waals surface area contributed by atoms with E-state index in [2.05, 4.69) is 4.85 Å². The van der Waals surface area contributed by atoms with Gasteiger partial charge >= 0.3 is 6.73 Å². The van der Waals surface area contributed by atoms with Gasteiger partial charge in [0, 0.05) is 35.3 Å². The van der Waals surface area contributed by atoms with Crippen LogP contribution in [0.2, 0.25) is 0 Å². The summed E-state index contributed by atoms with van der Waals surface area (Å²) < 4.78 is 13.1. The summed E-state index contributed by atoms with van der Waals surface area (Å²) in [6.45, 7) is 9.48. The first kappa shape index (κ1) is 16.7. The number of hydrogen-bond donors (Lipinski definition) is 1. The van der Waals surface area contributed by atoms with Crippen molar-refractivity contribution in [3.05, 3.63) is 70.9 Å². The van der Waals surface area contributed by atoms with E-state index in [0.717, 1.165) is 23.0 Å². The second kappa shape index (κ2) is 6.54. The van der Waals surface area contributed by atoms with Gasteiger partial charge in [0.25, 0.3) is 0 Å². The molecule has 1 aliphatic heterocycles. The molecule has 0 spiro atoms. The van der Waals surface area contributed by atoms with Gasteiger partial charge in [-0.3, -0.25) is 9.64 Å². The molecule has 1 aromatic heterocycles. The van der Waals surface area contributed by atoms with Crippen molar-refractivity contribution in [3.8, 4) is 17.2 Å². The van der Waals surface area contributed by atoms with Crippen LogP contribution in [0.25, 0.3) is 21.8 Å². The third-order valence-corrected chi connectivity index (χ3v) is 4.46. The zero-order valence-corrected chi connectivity index (χ0v) is 14.6. The van der Waals surface area contributed by atoms with Crippen molar-refractivity contribution in [2.75, 3.05) is 6.73 Å². The Morgan fingerprint density at radius 3 is 2.93 bits per heavy atom. The molecule has 2 heterocycles. The number of ether oxygens (including phenoxy) is 2. The monoisotopic (exact) mass is 360 g/mol. The van der Waals surface area contributed by atoms with Crippen molar-refractivity contribution in [1.29, 1.82) is 0 Å². The second-order valence-corrected chi connectivity index (χ2v) is 6.10. The molecule has 0 atom stereocenters. The second-order valence-electron chi connectivity index (χ2n) is 6.10. The first-order chi connectivity index (χ1) is 13.1. The fourth-order valence-electron chi connectivity index (χ4n) is 3.19. The summed E-state index contributed by atoms with van der Waals surface area (Å²) >= 11 is 0. The number of ketones is 1. The lowest BCUT2D eigenvalue weighted by molar-refractivity contribution is 0.101. The lowest BCUT2D eigenvalue weighted by Gasteiger charge is -2.01. The van der Waals surface area contributed by atoms with E-state index >= 15 is 0 Å². The number of allylic oxidation sites excluding steroid dienone is 1. The number of phenols is 1. The summed E-state index contributed by atoms with van der Waals surface area (Å²) in [4.78, 5) is 15.8. The lowest BCUT2D eigenvalue weighted by atomic mass is 10.1. The van der Waals surface area contributed by atoms with Gasteiger partial charge in [0.1, 0.15) is 17.2 Å². The number of aryl methyl sites for hydroxylation is 1. The normalized spacial score (nSPS) is 14.2. The Balaban J connectivity index is 1.73. The van der Waals surface area contributed by atoms with Crippen molar-refractivity contribution in [1.82, 2.24) is 4.57 Å². The smallest absolute Gasteiger partial charge is 0.357 e. The molecule has 0 saturated carbocycles. The molecule has 0 unspecified atom stereocenters. The predicted octanol–water partition coefficient (Wildman–Crippen LogP) is 4.24. The maximum atomic E-state index is 12.7. The molecule has 1 N–H and O–H groups in total. The molecule has 0 bridgehead atoms. The van der Waals surface area contributed by atoms with Crippen LogP contribution in [0.5, 0.6) is 17.2 Å². The minimum absolute atomic E-state index is 0.0879. The minimum atomic E-state index is -0.209. The largest absolute Gasteiger partial charge is 0.508 e. The maximum Gasteiger partial charge on any atom is 0.357 e. The number of Topliss-reactive ketones (excluding diaryl/α,β-unsaturated/α-hetero) is 1. The lowest BCUT2D eigenvalue weighted by Crippen LogP contribution is -1.97. The number of carbonyl (C=O) groups excluding carboxylic acids is 1. The molecule has 6 heteroatoms. The Labute approximate surface area is 155 Å². The Bertz CT molecular complexity index is 1140. The Kier molecular flexibility index (Phi) is 4.05. The van der Waals surface area contributed by atoms with E-state index in [0.29, 0.717) is 17.1 Å². The van der Waals surface area contributed by atoms with Crippen molar-refractivity contribution in [3.63, 3.8) is 0 Å². The van der Waals surface area contributed by atoms with Crippen LogP contribution in [0.3, 0.4) is 0 Å². The number of hydrogen-bond acceptors (Lipinski definition) is 4. The van der Waals surface area contributed by atoms with Crippen LogP contribution in [-0.4, -0.2) is 22.2 Å². The summed E-state index contributed by atoms with van der Waals surface area (Å²) in [6.07, 6.45) is 3.62. The number of carbonyl (C=O) groups is 1. The van der Waals surface area contributed by atoms with E-state index in [1.165, 1.54) is 0 Å². The molecule has 0 aliphatic carbocycles. The topological polar surface area (TPSA) is 65.1 Å². The summed E-state index contributed by atoms with van der Waals surface area (Å²) in [5.41, 5.74) is 2.22. The number of rotatable bonds is 4. The fraction of sp³-hybridized carbons (Fsp3) is 0.143. The average Bonchev–Trinajstić information content (AvgIpc) is 3.17. The molecule has 27 heavy (non-hydrogen) atoms. The van der Waals surface area contributed by atoms with E-state index in [-0.39, 0.29) is 24.0 Å². The molecule has 0 saturated heterocycles. The Hall–Kier alpha value is -3.72. The van der Waals surface area contributed by atoms with Gasteiger partial charge in [-0.15, -0.1) is 0 Å². The van der Waals surface area contributed by atoms with Gasteiger partial charge in [0.2, 0.25) is 5.78 Å². The van der Waals surface area contributed by atoms with Crippen LogP contribution in [0.15, 0.2) is 48.4 Å². The molecule has 2 aromatic carbocycles. The van der Waals surface area contributed by atoms with Crippen molar-refractivity contribution >= 4 is 22.8 Å². The van der Waals surface area contributed by atoms with Crippen LogP contribution >= 0.6 is 0 Å². The van der Waals surface area contributed by atoms with Gasteiger partial charge in [-0.25, -0.2) is 6.57 Å². The summed E-state index contributed by atoms with van der Waals surface area (Å²) in [5.74, 6) is 1.06. The highest BCUT2D eigenvalue weighted by Crippen LogP contribution is 2.36. The number of aromatic hydroxyl groups is 1. The van der Waals surface area contributed by atoms with Crippen molar-refractivity contribution in [2.24, 2.45) is 0 Å². The van der Waals surface area contributed by atoms with Gasteiger partial charge in [-0.1, -0.05) is 0 Å². The standard InChI is InChI=1S/C21H16N2O4/c1-3-23-11-13(17-9-14(24)4-7-18(17)23)8-20-21(25)16-6-5-15(26-12-22-2)10-19(16)27-20/h4-11,24H,3,12H2,1H3/b20-8-. The number of phenolic OH excluding ortho intramolecular Hbond substituents is 1. The number of aromatic nitrogens is 1. The zero-order valence-electron chi connectivity index (χ0n) is 14.6. The van der Waals surface area contributed by atoms with Crippen molar-refractivity contribution in [2.45, 2.75) is 13.5 Å². The summed E-state index contributed by atoms with van der Waals surface area (Å²) in [6, 6.07) is 10.1. The van der Waals surface area contributed by atoms with Gasteiger partial charge in [0.05, 0.1) is 5.56 Å². The first-order valence-corrected chi connectivity index (χ1v) is 8.47. The van der Waals surface area contributed by atoms with Crippen molar-refractivity contribution < 1.29 is 19.4 Å². The number of benzene rings is 2. The van der Waals surface area contributed by atoms with Crippen LogP contribution in [0.4, 0.5) is 0 Å². The molecule has 134 valence electrons. The van der Waals surface area contributed by atoms with E-state index in [1.807, 2.05) is 23.8 Å². The molecular formula is C21H16N2O4. The molecule has 1 aliphatic rings. The molecule has 3 aromatic rings. The summed E-state index contributed by atoms with van der Waals surface area (Å²) in [7, 11) is 0. The number of fused-ring (bicyclic) bond motifs is 2. The Morgan fingerprint density at radius 2 is 2.15 bits per heavy atom. The quantitative estimate of drug-likeness (QED) is 0.558. The molecule has 0 fully saturated rings. The van der Waals surface area contributed by atoms with Crippen LogP contribution < -0.4 is 9.47 Å². The third kappa shape index (κ3) is 2.89. The Morgan fingerprint density at radius 1 is 1.30 bits per heavy atom. The molecule has 0 amide bonds. The molecule has 6 nitrogen and oxygen atoms in total. The van der Waals surface area contributed by atoms with E-state index in [9.17, 15) is 9.90 Å². The highest BCUT2D eigenvalue weighted by Gasteiger charge is 2.28. The minimum Gasteiger partial charge on any atom is -0.508 e. The molecule has 0 radical (unpaired) electrons. The number of nitrogens with zero attached hydrogens (tertiary/aromatic N) is 2. The first-order valence-electron chi connectivity index (χ1n) is 8.47. The van der Waals surface area contributed by atoms with E-state index in [1.54, 1.807) is 36.4 Å². The highest BCUT2D eigenvalue weighted by molar-refractivity contribution is 6.15. The van der Waals surface area contributed by atoms with Gasteiger partial charge in [-0.2, -0.15) is 0 Å². The van der Waals surface area contributed by atoms with Crippen LogP contribution in [0, 0.1) is 6.57 Å². The third-order valence-electron chi connectivity index (χ3n) is 4.46. The SMILES string of the molecule is [C-]#[N+]COc1ccc2c(c1)O/C(=C\c1cn(CC)c3ccc(O)cc13)C2=O. The maximum absolute atomic E-state index is 12.7. The van der Waals surface area contributed by atoms with Gasteiger partial charge in [0.15, 0.2) is 5.76 Å². The predicted molar refractivity (Wildman–Crippen MR) is 101 cm³/mol. The fourth-order valence-corrected chi connectivity index (χ4v) is 3.19. The zero-order chi connectivity index (χ0) is 19.0. The highest BCUT2D eigenvalue weighted by atomic mass is 16.5. The average molecular weight is 360 g/mol. The van der Waals surface area contributed by atoms with E-state index < -0.39 is 0 Å². The molecule has 4 rings (SSSR count). The summed E-state index contributed by atoms with van der Waals surface area (Å²) in [5, 5.41) is 10.7. The van der Waals surface area contributed by atoms with Crippen LogP contribution in [0.1, 0.15) is 22.8 Å². The van der Waals surface area contributed by atoms with E-state index in [4.69, 9.17) is 16.0 Å².